The molecule has 1 rings (SSSR count). The molecule has 3 nitrogen and oxygen atoms in total. The molecule has 0 fully saturated rings. The van der Waals surface area contributed by atoms with Gasteiger partial charge in [-0.1, -0.05) is 12.1 Å². The zero-order valence-corrected chi connectivity index (χ0v) is 12.1. The van der Waals surface area contributed by atoms with Crippen LogP contribution < -0.4 is 10.1 Å². The van der Waals surface area contributed by atoms with Crippen LogP contribution in [0.15, 0.2) is 12.1 Å². The van der Waals surface area contributed by atoms with E-state index in [9.17, 15) is 4.79 Å². The van der Waals surface area contributed by atoms with Gasteiger partial charge in [0.2, 0.25) is 5.91 Å². The fourth-order valence-electron chi connectivity index (χ4n) is 2.04. The summed E-state index contributed by atoms with van der Waals surface area (Å²) in [5, 5.41) is 2.88. The molecule has 0 aliphatic carbocycles. The molecule has 0 aromatic heterocycles. The van der Waals surface area contributed by atoms with Crippen LogP contribution in [0.1, 0.15) is 23.1 Å². The van der Waals surface area contributed by atoms with Crippen molar-refractivity contribution in [3.05, 3.63) is 28.8 Å². The minimum atomic E-state index is 0.0620. The highest BCUT2D eigenvalue weighted by Gasteiger charge is 2.05. The fourth-order valence-corrected chi connectivity index (χ4v) is 2.25. The zero-order valence-electron chi connectivity index (χ0n) is 11.2. The summed E-state index contributed by atoms with van der Waals surface area (Å²) in [6.07, 6.45) is 1.31. The average Bonchev–Trinajstić information content (AvgIpc) is 2.29. The minimum Gasteiger partial charge on any atom is -0.496 e. The first-order valence-corrected chi connectivity index (χ1v) is 6.73. The molecule has 1 amide bonds. The highest BCUT2D eigenvalue weighted by Crippen LogP contribution is 2.24. The number of hydrogen-bond acceptors (Lipinski definition) is 3. The first-order valence-electron chi connectivity index (χ1n) is 6.10. The quantitative estimate of drug-likeness (QED) is 0.776. The molecule has 0 aliphatic heterocycles. The second kappa shape index (κ2) is 7.31. The maximum Gasteiger partial charge on any atom is 0.220 e. The largest absolute Gasteiger partial charge is 0.496 e. The van der Waals surface area contributed by atoms with Crippen LogP contribution in [0.3, 0.4) is 0 Å². The van der Waals surface area contributed by atoms with E-state index < -0.39 is 0 Å². The number of carbonyl (C=O) groups excluding carboxylic acids is 1. The summed E-state index contributed by atoms with van der Waals surface area (Å²) in [6.45, 7) is 4.74. The van der Waals surface area contributed by atoms with Gasteiger partial charge in [0.05, 0.1) is 7.11 Å². The van der Waals surface area contributed by atoms with Crippen molar-refractivity contribution in [1.29, 1.82) is 0 Å². The van der Waals surface area contributed by atoms with Gasteiger partial charge < -0.3 is 10.1 Å². The highest BCUT2D eigenvalue weighted by atomic mass is 32.1. The van der Waals surface area contributed by atoms with E-state index in [1.807, 2.05) is 13.8 Å². The molecular weight excluding hydrogens is 246 g/mol. The number of aryl methyl sites for hydroxylation is 2. The number of ether oxygens (including phenoxy) is 1. The summed E-state index contributed by atoms with van der Waals surface area (Å²) in [4.78, 5) is 11.3. The van der Waals surface area contributed by atoms with E-state index in [-0.39, 0.29) is 5.91 Å². The van der Waals surface area contributed by atoms with Crippen molar-refractivity contribution in [2.75, 3.05) is 19.4 Å². The third-order valence-corrected chi connectivity index (χ3v) is 3.02. The lowest BCUT2D eigenvalue weighted by molar-refractivity contribution is -0.120. The van der Waals surface area contributed by atoms with Gasteiger partial charge in [-0.15, -0.1) is 0 Å². The maximum atomic E-state index is 11.3. The summed E-state index contributed by atoms with van der Waals surface area (Å²) in [5.41, 5.74) is 3.49. The Balaban J connectivity index is 2.56. The fraction of sp³-hybridized carbons (Fsp3) is 0.500. The smallest absolute Gasteiger partial charge is 0.220 e. The SMILES string of the molecule is COc1c(C)cc(CCNC(=O)CCS)cc1C. The van der Waals surface area contributed by atoms with Gasteiger partial charge in [0.15, 0.2) is 0 Å². The Morgan fingerprint density at radius 2 is 1.94 bits per heavy atom. The number of hydrogen-bond donors (Lipinski definition) is 2. The third kappa shape index (κ3) is 4.26. The molecule has 100 valence electrons. The van der Waals surface area contributed by atoms with E-state index in [1.54, 1.807) is 7.11 Å². The number of amides is 1. The molecule has 0 bridgehead atoms. The zero-order chi connectivity index (χ0) is 13.5. The Morgan fingerprint density at radius 3 is 2.44 bits per heavy atom. The molecule has 0 saturated carbocycles. The van der Waals surface area contributed by atoms with Gasteiger partial charge in [0.25, 0.3) is 0 Å². The summed E-state index contributed by atoms with van der Waals surface area (Å²) < 4.78 is 5.33. The minimum absolute atomic E-state index is 0.0620. The lowest BCUT2D eigenvalue weighted by Gasteiger charge is -2.11. The van der Waals surface area contributed by atoms with Gasteiger partial charge in [-0.05, 0) is 42.7 Å². The van der Waals surface area contributed by atoms with Crippen LogP contribution in [0.25, 0.3) is 0 Å². The standard InChI is InChI=1S/C14H21NO2S/c1-10-8-12(9-11(2)14(10)17-3)4-6-15-13(16)5-7-18/h8-9,18H,4-7H2,1-3H3,(H,15,16). The van der Waals surface area contributed by atoms with Crippen molar-refractivity contribution in [3.63, 3.8) is 0 Å². The van der Waals surface area contributed by atoms with Crippen LogP contribution in [0.4, 0.5) is 0 Å². The Kier molecular flexibility index (Phi) is 6.05. The van der Waals surface area contributed by atoms with Gasteiger partial charge in [-0.25, -0.2) is 0 Å². The Bertz CT molecular complexity index is 395. The number of rotatable bonds is 6. The van der Waals surface area contributed by atoms with Crippen molar-refractivity contribution in [2.45, 2.75) is 26.7 Å². The summed E-state index contributed by atoms with van der Waals surface area (Å²) in [5.74, 6) is 1.59. The Labute approximate surface area is 114 Å². The molecule has 0 atom stereocenters. The van der Waals surface area contributed by atoms with E-state index in [2.05, 4.69) is 30.1 Å². The van der Waals surface area contributed by atoms with E-state index in [4.69, 9.17) is 4.74 Å². The molecule has 18 heavy (non-hydrogen) atoms. The number of nitrogens with one attached hydrogen (secondary N) is 1. The number of carbonyl (C=O) groups is 1. The van der Waals surface area contributed by atoms with E-state index in [0.717, 1.165) is 23.3 Å². The van der Waals surface area contributed by atoms with Crippen molar-refractivity contribution < 1.29 is 9.53 Å². The molecule has 1 aromatic rings. The van der Waals surface area contributed by atoms with Gasteiger partial charge >= 0.3 is 0 Å². The van der Waals surface area contributed by atoms with Gasteiger partial charge in [-0.3, -0.25) is 4.79 Å². The molecule has 1 aromatic carbocycles. The Morgan fingerprint density at radius 1 is 1.33 bits per heavy atom. The van der Waals surface area contributed by atoms with Gasteiger partial charge in [-0.2, -0.15) is 12.6 Å². The summed E-state index contributed by atoms with van der Waals surface area (Å²) in [6, 6.07) is 4.22. The highest BCUT2D eigenvalue weighted by molar-refractivity contribution is 7.80. The second-order valence-electron chi connectivity index (χ2n) is 4.34. The van der Waals surface area contributed by atoms with E-state index >= 15 is 0 Å². The number of thiol groups is 1. The molecule has 4 heteroatoms. The first kappa shape index (κ1) is 14.9. The monoisotopic (exact) mass is 267 g/mol. The van der Waals surface area contributed by atoms with Gasteiger partial charge in [0, 0.05) is 13.0 Å². The van der Waals surface area contributed by atoms with Crippen molar-refractivity contribution in [2.24, 2.45) is 0 Å². The van der Waals surface area contributed by atoms with Crippen molar-refractivity contribution in [3.8, 4) is 5.75 Å². The molecule has 0 spiro atoms. The van der Waals surface area contributed by atoms with Crippen LogP contribution >= 0.6 is 12.6 Å². The summed E-state index contributed by atoms with van der Waals surface area (Å²) >= 11 is 4.03. The normalized spacial score (nSPS) is 10.2. The molecule has 0 saturated heterocycles. The molecule has 1 N–H and O–H groups in total. The lowest BCUT2D eigenvalue weighted by atomic mass is 10.0. The molecule has 0 unspecified atom stereocenters. The maximum absolute atomic E-state index is 11.3. The molecule has 0 heterocycles. The van der Waals surface area contributed by atoms with E-state index in [1.165, 1.54) is 5.56 Å². The molecule has 0 aliphatic rings. The van der Waals surface area contributed by atoms with Crippen molar-refractivity contribution in [1.82, 2.24) is 5.32 Å². The van der Waals surface area contributed by atoms with Crippen LogP contribution in [-0.2, 0) is 11.2 Å². The summed E-state index contributed by atoms with van der Waals surface area (Å²) in [7, 11) is 1.69. The van der Waals surface area contributed by atoms with Crippen molar-refractivity contribution >= 4 is 18.5 Å². The third-order valence-electron chi connectivity index (χ3n) is 2.80. The first-order chi connectivity index (χ1) is 8.58. The van der Waals surface area contributed by atoms with Crippen LogP contribution in [0.2, 0.25) is 0 Å². The topological polar surface area (TPSA) is 38.3 Å². The molecular formula is C14H21NO2S. The average molecular weight is 267 g/mol. The van der Waals surface area contributed by atoms with E-state index in [0.29, 0.717) is 18.7 Å². The van der Waals surface area contributed by atoms with Crippen LogP contribution in [0.5, 0.6) is 5.75 Å². The lowest BCUT2D eigenvalue weighted by Crippen LogP contribution is -2.25. The van der Waals surface area contributed by atoms with Crippen LogP contribution in [0, 0.1) is 13.8 Å². The predicted molar refractivity (Wildman–Crippen MR) is 77.7 cm³/mol. The number of benzene rings is 1. The number of methoxy groups -OCH3 is 1. The molecule has 0 radical (unpaired) electrons. The van der Waals surface area contributed by atoms with Crippen LogP contribution in [-0.4, -0.2) is 25.3 Å². The Hall–Kier alpha value is -1.16. The predicted octanol–water partition coefficient (Wildman–Crippen LogP) is 2.29. The van der Waals surface area contributed by atoms with Gasteiger partial charge in [0.1, 0.15) is 5.75 Å². The second-order valence-corrected chi connectivity index (χ2v) is 4.78.